The summed E-state index contributed by atoms with van der Waals surface area (Å²) in [5.74, 6) is -2.37. The van der Waals surface area contributed by atoms with Crippen LogP contribution in [0.3, 0.4) is 0 Å². The van der Waals surface area contributed by atoms with Gasteiger partial charge in [-0.3, -0.25) is 19.3 Å². The van der Waals surface area contributed by atoms with E-state index in [1.807, 2.05) is 0 Å². The summed E-state index contributed by atoms with van der Waals surface area (Å²) in [4.78, 5) is 35.4. The number of fused-ring (bicyclic) bond motifs is 1. The maximum absolute atomic E-state index is 12.6. The Labute approximate surface area is 133 Å². The zero-order valence-electron chi connectivity index (χ0n) is 12.8. The lowest BCUT2D eigenvalue weighted by Gasteiger charge is -2.24. The number of amides is 2. The van der Waals surface area contributed by atoms with Gasteiger partial charge in [0.2, 0.25) is 10.0 Å². The van der Waals surface area contributed by atoms with E-state index in [2.05, 4.69) is 0 Å². The number of nitrogens with zero attached hydrogens (tertiary/aromatic N) is 2. The van der Waals surface area contributed by atoms with Crippen molar-refractivity contribution < 1.29 is 27.9 Å². The molecule has 124 valence electrons. The van der Waals surface area contributed by atoms with Crippen molar-refractivity contribution in [3.05, 3.63) is 29.3 Å². The van der Waals surface area contributed by atoms with E-state index >= 15 is 0 Å². The largest absolute Gasteiger partial charge is 0.480 e. The lowest BCUT2D eigenvalue weighted by Crippen LogP contribution is -2.40. The lowest BCUT2D eigenvalue weighted by molar-refractivity contribution is -0.137. The second kappa shape index (κ2) is 5.74. The molecule has 2 amide bonds. The van der Waals surface area contributed by atoms with Gasteiger partial charge in [0.05, 0.1) is 16.0 Å². The molecule has 0 atom stereocenters. The van der Waals surface area contributed by atoms with Gasteiger partial charge in [-0.1, -0.05) is 0 Å². The quantitative estimate of drug-likeness (QED) is 0.776. The zero-order chi connectivity index (χ0) is 17.5. The number of hydrogen-bond donors (Lipinski definition) is 1. The molecule has 8 nitrogen and oxygen atoms in total. The molecular formula is C14H16N2O6S. The van der Waals surface area contributed by atoms with Crippen molar-refractivity contribution in [2.24, 2.45) is 0 Å². The van der Waals surface area contributed by atoms with E-state index in [1.54, 1.807) is 13.8 Å². The Kier molecular flexibility index (Phi) is 4.27. The highest BCUT2D eigenvalue weighted by atomic mass is 32.2. The van der Waals surface area contributed by atoms with Gasteiger partial charge in [-0.15, -0.1) is 0 Å². The summed E-state index contributed by atoms with van der Waals surface area (Å²) in [5, 5.41) is 8.90. The first kappa shape index (κ1) is 17.1. The molecule has 0 spiro atoms. The minimum atomic E-state index is -4.10. The van der Waals surface area contributed by atoms with Crippen LogP contribution in [0.25, 0.3) is 0 Å². The van der Waals surface area contributed by atoms with E-state index in [0.29, 0.717) is 0 Å². The summed E-state index contributed by atoms with van der Waals surface area (Å²) >= 11 is 0. The number of benzene rings is 1. The van der Waals surface area contributed by atoms with E-state index < -0.39 is 40.4 Å². The topological polar surface area (TPSA) is 112 Å². The monoisotopic (exact) mass is 340 g/mol. The summed E-state index contributed by atoms with van der Waals surface area (Å²) in [6, 6.07) is 3.01. The molecule has 1 heterocycles. The van der Waals surface area contributed by atoms with Gasteiger partial charge >= 0.3 is 5.97 Å². The van der Waals surface area contributed by atoms with Crippen molar-refractivity contribution in [2.75, 3.05) is 13.6 Å². The van der Waals surface area contributed by atoms with Gasteiger partial charge in [0.1, 0.15) is 6.54 Å². The molecule has 0 saturated carbocycles. The number of hydrogen-bond acceptors (Lipinski definition) is 5. The molecule has 0 fully saturated rings. The standard InChI is InChI=1S/C14H16N2O6S/c1-8(2)16(7-12(17)18)23(21,22)9-4-5-10-11(6-9)14(20)15(3)13(10)19/h4-6,8H,7H2,1-3H3,(H,17,18). The van der Waals surface area contributed by atoms with E-state index in [-0.39, 0.29) is 16.0 Å². The SMILES string of the molecule is CC(C)N(CC(=O)O)S(=O)(=O)c1ccc2c(c1)C(=O)N(C)C2=O. The second-order valence-corrected chi connectivity index (χ2v) is 7.31. The molecule has 0 aliphatic carbocycles. The van der Waals surface area contributed by atoms with Gasteiger partial charge < -0.3 is 5.11 Å². The van der Waals surface area contributed by atoms with Gasteiger partial charge in [0, 0.05) is 13.1 Å². The van der Waals surface area contributed by atoms with E-state index in [0.717, 1.165) is 15.3 Å². The van der Waals surface area contributed by atoms with Gasteiger partial charge in [0.15, 0.2) is 0 Å². The predicted octanol–water partition coefficient (Wildman–Crippen LogP) is 0.396. The third kappa shape index (κ3) is 2.84. The Morgan fingerprint density at radius 3 is 2.30 bits per heavy atom. The summed E-state index contributed by atoms with van der Waals surface area (Å²) in [7, 11) is -2.80. The average molecular weight is 340 g/mol. The van der Waals surface area contributed by atoms with E-state index in [4.69, 9.17) is 5.11 Å². The first-order valence-electron chi connectivity index (χ1n) is 6.77. The van der Waals surface area contributed by atoms with Crippen LogP contribution in [0.5, 0.6) is 0 Å². The van der Waals surface area contributed by atoms with Crippen LogP contribution >= 0.6 is 0 Å². The first-order valence-corrected chi connectivity index (χ1v) is 8.21. The van der Waals surface area contributed by atoms with Crippen molar-refractivity contribution in [2.45, 2.75) is 24.8 Å². The third-order valence-corrected chi connectivity index (χ3v) is 5.55. The lowest BCUT2D eigenvalue weighted by atomic mass is 10.1. The van der Waals surface area contributed by atoms with Gasteiger partial charge in [-0.2, -0.15) is 4.31 Å². The highest BCUT2D eigenvalue weighted by Crippen LogP contribution is 2.26. The first-order chi connectivity index (χ1) is 10.6. The van der Waals surface area contributed by atoms with Crippen LogP contribution in [-0.2, 0) is 14.8 Å². The third-order valence-electron chi connectivity index (χ3n) is 3.53. The fraction of sp³-hybridized carbons (Fsp3) is 0.357. The van der Waals surface area contributed by atoms with Crippen LogP contribution in [0.4, 0.5) is 0 Å². The molecule has 0 saturated heterocycles. The number of sulfonamides is 1. The van der Waals surface area contributed by atoms with Gasteiger partial charge in [-0.05, 0) is 32.0 Å². The van der Waals surface area contributed by atoms with Crippen LogP contribution in [0.2, 0.25) is 0 Å². The van der Waals surface area contributed by atoms with Crippen molar-refractivity contribution in [3.8, 4) is 0 Å². The number of carboxylic acids is 1. The van der Waals surface area contributed by atoms with E-state index in [1.165, 1.54) is 19.2 Å². The number of rotatable bonds is 5. The Bertz CT molecular complexity index is 799. The normalized spacial score (nSPS) is 14.7. The minimum Gasteiger partial charge on any atom is -0.480 e. The van der Waals surface area contributed by atoms with Crippen molar-refractivity contribution in [3.63, 3.8) is 0 Å². The average Bonchev–Trinajstić information content (AvgIpc) is 2.69. The fourth-order valence-corrected chi connectivity index (χ4v) is 3.93. The molecule has 0 radical (unpaired) electrons. The highest BCUT2D eigenvalue weighted by Gasteiger charge is 2.35. The van der Waals surface area contributed by atoms with Crippen molar-refractivity contribution >= 4 is 27.8 Å². The predicted molar refractivity (Wildman–Crippen MR) is 79.5 cm³/mol. The van der Waals surface area contributed by atoms with Crippen LogP contribution in [-0.4, -0.2) is 60.1 Å². The van der Waals surface area contributed by atoms with Crippen LogP contribution in [0.1, 0.15) is 34.6 Å². The van der Waals surface area contributed by atoms with E-state index in [9.17, 15) is 22.8 Å². The summed E-state index contributed by atoms with van der Waals surface area (Å²) in [6.07, 6.45) is 0. The minimum absolute atomic E-state index is 0.00222. The number of aliphatic carboxylic acids is 1. The Balaban J connectivity index is 2.52. The summed E-state index contributed by atoms with van der Waals surface area (Å²) in [5.41, 5.74) is 0.128. The highest BCUT2D eigenvalue weighted by molar-refractivity contribution is 7.89. The molecule has 1 aromatic rings. The molecule has 23 heavy (non-hydrogen) atoms. The van der Waals surface area contributed by atoms with Crippen molar-refractivity contribution in [1.29, 1.82) is 0 Å². The molecule has 1 aliphatic rings. The Morgan fingerprint density at radius 1 is 1.22 bits per heavy atom. The Hall–Kier alpha value is -2.26. The molecule has 1 N–H and O–H groups in total. The fourth-order valence-electron chi connectivity index (χ4n) is 2.31. The molecule has 1 aliphatic heterocycles. The molecule has 0 unspecified atom stereocenters. The zero-order valence-corrected chi connectivity index (χ0v) is 13.6. The maximum atomic E-state index is 12.6. The maximum Gasteiger partial charge on any atom is 0.318 e. The Morgan fingerprint density at radius 2 is 1.78 bits per heavy atom. The molecule has 2 rings (SSSR count). The van der Waals surface area contributed by atoms with Crippen LogP contribution in [0, 0.1) is 0 Å². The molecule has 0 aromatic heterocycles. The van der Waals surface area contributed by atoms with Crippen molar-refractivity contribution in [1.82, 2.24) is 9.21 Å². The number of carbonyl (C=O) groups is 3. The van der Waals surface area contributed by atoms with Gasteiger partial charge in [-0.25, -0.2) is 8.42 Å². The second-order valence-electron chi connectivity index (χ2n) is 5.41. The van der Waals surface area contributed by atoms with Crippen LogP contribution in [0.15, 0.2) is 23.1 Å². The number of carbonyl (C=O) groups excluding carboxylic acids is 2. The molecule has 0 bridgehead atoms. The number of carboxylic acid groups (broad SMARTS) is 1. The van der Waals surface area contributed by atoms with Gasteiger partial charge in [0.25, 0.3) is 11.8 Å². The molecule has 1 aromatic carbocycles. The molecule has 9 heteroatoms. The van der Waals surface area contributed by atoms with Crippen LogP contribution < -0.4 is 0 Å². The summed E-state index contributed by atoms with van der Waals surface area (Å²) < 4.78 is 26.1. The summed E-state index contributed by atoms with van der Waals surface area (Å²) in [6.45, 7) is 2.41. The molecular weight excluding hydrogens is 324 g/mol. The number of imide groups is 1. The smallest absolute Gasteiger partial charge is 0.318 e.